The predicted molar refractivity (Wildman–Crippen MR) is 84.7 cm³/mol. The van der Waals surface area contributed by atoms with Crippen LogP contribution in [-0.2, 0) is 12.8 Å². The zero-order chi connectivity index (χ0) is 14.3. The van der Waals surface area contributed by atoms with Crippen LogP contribution in [0.25, 0.3) is 0 Å². The van der Waals surface area contributed by atoms with Gasteiger partial charge in [0.05, 0.1) is 0 Å². The smallest absolute Gasteiger partial charge is 0.226 e. The average Bonchev–Trinajstić information content (AvgIpc) is 3.17. The zero-order valence-corrected chi connectivity index (χ0v) is 12.5. The van der Waals surface area contributed by atoms with Gasteiger partial charge in [0.1, 0.15) is 0 Å². The third-order valence-corrected chi connectivity index (χ3v) is 3.97. The summed E-state index contributed by atoms with van der Waals surface area (Å²) in [5.41, 5.74) is 1.14. The Kier molecular flexibility index (Phi) is 4.63. The zero-order valence-electron chi connectivity index (χ0n) is 11.7. The van der Waals surface area contributed by atoms with E-state index in [2.05, 4.69) is 39.0 Å². The summed E-state index contributed by atoms with van der Waals surface area (Å²) in [6.07, 6.45) is 2.52. The summed E-state index contributed by atoms with van der Waals surface area (Å²) in [6.45, 7) is 0.895. The normalized spacial score (nSPS) is 10.7. The maximum atomic E-state index is 5.28. The van der Waals surface area contributed by atoms with E-state index in [0.717, 1.165) is 43.2 Å². The van der Waals surface area contributed by atoms with E-state index in [1.807, 2.05) is 24.3 Å². The fourth-order valence-electron chi connectivity index (χ4n) is 2.06. The maximum absolute atomic E-state index is 5.28. The van der Waals surface area contributed by atoms with Crippen LogP contribution in [0.1, 0.15) is 23.0 Å². The van der Waals surface area contributed by atoms with Crippen LogP contribution < -0.4 is 5.32 Å². The lowest BCUT2D eigenvalue weighted by molar-refractivity contribution is 0.372. The van der Waals surface area contributed by atoms with Crippen molar-refractivity contribution in [3.63, 3.8) is 0 Å². The number of para-hydroxylation sites is 1. The first-order chi connectivity index (χ1) is 10.4. The fraction of sp³-hybridized carbons (Fsp3) is 0.250. The van der Waals surface area contributed by atoms with Gasteiger partial charge in [0.2, 0.25) is 5.89 Å². The molecule has 21 heavy (non-hydrogen) atoms. The summed E-state index contributed by atoms with van der Waals surface area (Å²) < 4.78 is 5.28. The lowest BCUT2D eigenvalue weighted by Crippen LogP contribution is -2.02. The van der Waals surface area contributed by atoms with Gasteiger partial charge in [-0.3, -0.25) is 0 Å². The average molecular weight is 299 g/mol. The van der Waals surface area contributed by atoms with Crippen LogP contribution in [0, 0.1) is 0 Å². The molecule has 0 aliphatic carbocycles. The van der Waals surface area contributed by atoms with Crippen LogP contribution in [0.2, 0.25) is 0 Å². The lowest BCUT2D eigenvalue weighted by Gasteiger charge is -2.03. The lowest BCUT2D eigenvalue weighted by atomic mass is 10.3. The standard InChI is InChI=1S/C16H17N3OS/c1-2-6-13(7-3-1)17-10-4-9-16-18-15(19-20-16)12-14-8-5-11-21-14/h1-3,5-8,11,17H,4,9-10,12H2. The topological polar surface area (TPSA) is 51.0 Å². The summed E-state index contributed by atoms with van der Waals surface area (Å²) in [4.78, 5) is 5.69. The highest BCUT2D eigenvalue weighted by Gasteiger charge is 2.07. The van der Waals surface area contributed by atoms with Gasteiger partial charge < -0.3 is 9.84 Å². The number of hydrogen-bond donors (Lipinski definition) is 1. The van der Waals surface area contributed by atoms with Gasteiger partial charge in [-0.1, -0.05) is 29.4 Å². The van der Waals surface area contributed by atoms with Gasteiger partial charge in [-0.2, -0.15) is 4.98 Å². The Morgan fingerprint density at radius 1 is 1.10 bits per heavy atom. The van der Waals surface area contributed by atoms with Crippen LogP contribution in [-0.4, -0.2) is 16.7 Å². The minimum Gasteiger partial charge on any atom is -0.385 e. The van der Waals surface area contributed by atoms with Crippen LogP contribution >= 0.6 is 11.3 Å². The summed E-state index contributed by atoms with van der Waals surface area (Å²) in [5.74, 6) is 1.49. The molecule has 1 N–H and O–H groups in total. The van der Waals surface area contributed by atoms with E-state index in [0.29, 0.717) is 0 Å². The van der Waals surface area contributed by atoms with E-state index < -0.39 is 0 Å². The molecule has 0 unspecified atom stereocenters. The molecule has 108 valence electrons. The molecule has 0 radical (unpaired) electrons. The highest BCUT2D eigenvalue weighted by molar-refractivity contribution is 7.09. The second kappa shape index (κ2) is 7.04. The number of aromatic nitrogens is 2. The van der Waals surface area contributed by atoms with Crippen LogP contribution in [0.5, 0.6) is 0 Å². The molecule has 3 rings (SSSR count). The molecule has 2 heterocycles. The Balaban J connectivity index is 1.42. The maximum Gasteiger partial charge on any atom is 0.226 e. The third kappa shape index (κ3) is 4.16. The van der Waals surface area contributed by atoms with Crippen molar-refractivity contribution in [2.24, 2.45) is 0 Å². The molecule has 0 saturated carbocycles. The quantitative estimate of drug-likeness (QED) is 0.675. The van der Waals surface area contributed by atoms with Crippen LogP contribution in [0.3, 0.4) is 0 Å². The molecule has 4 nitrogen and oxygen atoms in total. The van der Waals surface area contributed by atoms with E-state index in [4.69, 9.17) is 4.52 Å². The number of nitrogens with zero attached hydrogens (tertiary/aromatic N) is 2. The summed E-state index contributed by atoms with van der Waals surface area (Å²) in [6, 6.07) is 14.3. The molecule has 0 atom stereocenters. The SMILES string of the molecule is c1ccc(NCCCc2nc(Cc3cccs3)no2)cc1. The van der Waals surface area contributed by atoms with Gasteiger partial charge >= 0.3 is 0 Å². The Morgan fingerprint density at radius 3 is 2.81 bits per heavy atom. The third-order valence-electron chi connectivity index (χ3n) is 3.09. The van der Waals surface area contributed by atoms with Crippen molar-refractivity contribution in [2.45, 2.75) is 19.3 Å². The van der Waals surface area contributed by atoms with Gasteiger partial charge in [-0.05, 0) is 30.0 Å². The first kappa shape index (κ1) is 13.8. The number of nitrogens with one attached hydrogen (secondary N) is 1. The highest BCUT2D eigenvalue weighted by atomic mass is 32.1. The first-order valence-corrected chi connectivity index (χ1v) is 7.91. The van der Waals surface area contributed by atoms with Crippen molar-refractivity contribution in [1.82, 2.24) is 10.1 Å². The molecule has 5 heteroatoms. The molecule has 0 amide bonds. The van der Waals surface area contributed by atoms with Crippen LogP contribution in [0.15, 0.2) is 52.4 Å². The van der Waals surface area contributed by atoms with Crippen molar-refractivity contribution in [3.05, 3.63) is 64.4 Å². The van der Waals surface area contributed by atoms with E-state index in [-0.39, 0.29) is 0 Å². The van der Waals surface area contributed by atoms with Crippen LogP contribution in [0.4, 0.5) is 5.69 Å². The molecule has 2 aromatic heterocycles. The molecule has 0 aliphatic rings. The minimum atomic E-state index is 0.719. The monoisotopic (exact) mass is 299 g/mol. The fourth-order valence-corrected chi connectivity index (χ4v) is 2.76. The number of rotatable bonds is 7. The second-order valence-corrected chi connectivity index (χ2v) is 5.79. The van der Waals surface area contributed by atoms with E-state index in [1.54, 1.807) is 11.3 Å². The van der Waals surface area contributed by atoms with Crippen molar-refractivity contribution < 1.29 is 4.52 Å². The molecule has 0 bridgehead atoms. The van der Waals surface area contributed by atoms with E-state index >= 15 is 0 Å². The molecule has 0 fully saturated rings. The predicted octanol–water partition coefficient (Wildman–Crippen LogP) is 3.77. The Bertz CT molecular complexity index is 649. The molecule has 0 saturated heterocycles. The first-order valence-electron chi connectivity index (χ1n) is 7.03. The summed E-state index contributed by atoms with van der Waals surface area (Å²) in [5, 5.41) is 9.46. The van der Waals surface area contributed by atoms with Gasteiger partial charge in [-0.25, -0.2) is 0 Å². The second-order valence-electron chi connectivity index (χ2n) is 4.76. The van der Waals surface area contributed by atoms with E-state index in [9.17, 15) is 0 Å². The van der Waals surface area contributed by atoms with Crippen molar-refractivity contribution in [1.29, 1.82) is 0 Å². The molecule has 0 spiro atoms. The molecule has 0 aliphatic heterocycles. The van der Waals surface area contributed by atoms with Crippen molar-refractivity contribution >= 4 is 17.0 Å². The number of anilines is 1. The Labute approximate surface area is 127 Å². The molecular weight excluding hydrogens is 282 g/mol. The Hall–Kier alpha value is -2.14. The molecular formula is C16H17N3OS. The van der Waals surface area contributed by atoms with Crippen molar-refractivity contribution in [2.75, 3.05) is 11.9 Å². The minimum absolute atomic E-state index is 0.719. The van der Waals surface area contributed by atoms with E-state index in [1.165, 1.54) is 4.88 Å². The largest absolute Gasteiger partial charge is 0.385 e. The van der Waals surface area contributed by atoms with Gasteiger partial charge in [0.15, 0.2) is 5.82 Å². The number of aryl methyl sites for hydroxylation is 1. The summed E-state index contributed by atoms with van der Waals surface area (Å²) in [7, 11) is 0. The number of hydrogen-bond acceptors (Lipinski definition) is 5. The summed E-state index contributed by atoms with van der Waals surface area (Å²) >= 11 is 1.71. The number of thiophene rings is 1. The van der Waals surface area contributed by atoms with Crippen molar-refractivity contribution in [3.8, 4) is 0 Å². The molecule has 3 aromatic rings. The van der Waals surface area contributed by atoms with Gasteiger partial charge in [0, 0.05) is 30.0 Å². The number of benzene rings is 1. The highest BCUT2D eigenvalue weighted by Crippen LogP contribution is 2.13. The van der Waals surface area contributed by atoms with Gasteiger partial charge in [-0.15, -0.1) is 11.3 Å². The molecule has 1 aromatic carbocycles. The Morgan fingerprint density at radius 2 is 2.00 bits per heavy atom. The van der Waals surface area contributed by atoms with Gasteiger partial charge in [0.25, 0.3) is 0 Å².